The second-order valence-corrected chi connectivity index (χ2v) is 21.1. The first kappa shape index (κ1) is 58.0. The lowest BCUT2D eigenvalue weighted by molar-refractivity contribution is -0.143. The van der Waals surface area contributed by atoms with E-state index in [1.165, 1.54) is 28.0 Å². The fraction of sp³-hybridized carbons (Fsp3) is 0.592. The molecule has 71 heavy (non-hydrogen) atoms. The molecule has 390 valence electrons. The number of guanidine groups is 1. The summed E-state index contributed by atoms with van der Waals surface area (Å²) < 4.78 is 0. The van der Waals surface area contributed by atoms with Crippen LogP contribution in [0.5, 0.6) is 0 Å². The van der Waals surface area contributed by atoms with Gasteiger partial charge in [0.2, 0.25) is 41.4 Å². The normalized spacial score (nSPS) is 22.7. The number of rotatable bonds is 18. The first-order chi connectivity index (χ1) is 33.9. The van der Waals surface area contributed by atoms with Crippen LogP contribution in [-0.4, -0.2) is 125 Å². The number of nitrogens with one attached hydrogen (secondary N) is 5. The average molecular weight is 1040 g/mol. The quantitative estimate of drug-likeness (QED) is 0.0606. The minimum Gasteiger partial charge on any atom is -0.370 e. The highest BCUT2D eigenvalue weighted by molar-refractivity contribution is 7.99. The number of aliphatic imine (C=N–C) groups is 1. The van der Waals surface area contributed by atoms with Crippen molar-refractivity contribution in [2.24, 2.45) is 39.9 Å². The number of ketones is 2. The molecule has 7 atom stereocenters. The van der Waals surface area contributed by atoms with E-state index in [1.54, 1.807) is 44.2 Å². The van der Waals surface area contributed by atoms with Crippen molar-refractivity contribution in [1.82, 2.24) is 31.5 Å². The second-order valence-electron chi connectivity index (χ2n) is 18.5. The minimum absolute atomic E-state index is 0.0754. The van der Waals surface area contributed by atoms with Crippen LogP contribution in [0.15, 0.2) is 46.8 Å². The zero-order chi connectivity index (χ0) is 52.0. The lowest BCUT2D eigenvalue weighted by Crippen LogP contribution is -2.58. The summed E-state index contributed by atoms with van der Waals surface area (Å²) in [6.45, 7) is 6.17. The maximum Gasteiger partial charge on any atom is 0.243 e. The van der Waals surface area contributed by atoms with Gasteiger partial charge in [0, 0.05) is 66.9 Å². The Bertz CT molecular complexity index is 2170. The van der Waals surface area contributed by atoms with Gasteiger partial charge in [0.05, 0.1) is 18.4 Å². The zero-order valence-corrected chi connectivity index (χ0v) is 43.3. The van der Waals surface area contributed by atoms with Gasteiger partial charge in [-0.3, -0.25) is 48.1 Å². The molecule has 2 aromatic rings. The Kier molecular flexibility index (Phi) is 24.3. The summed E-state index contributed by atoms with van der Waals surface area (Å²) in [5.74, 6) is -7.34. The standard InChI is InChI=1S/C49H71ClN10O9S2/c1-4-5-18-54-44(65)36(12-6-19-55-49(52)53)56-46(67)39-13-7-20-60(39)48(69)32-25-40(62)37(27-41(51)63)57-47(68)42(29(2)3)59-45(66)38(26-35-11-9-22-71-35)58-43(64)31(23-30-14-16-33(50)17-15-30)24-34(61)10-8-21-70-28-32/h9,11,14-17,22,29,31-32,36-39,42H,4-8,10,12-13,18-21,23-28H2,1-3H3,(H2,51,63)(H,54,65)(H,56,67)(H,57,68)(H,58,64)(H,59,66)(H4,52,53,55)/t31-,32+,36-,37+,38+,39+,42+/m1/s1. The van der Waals surface area contributed by atoms with Crippen molar-refractivity contribution in [3.05, 3.63) is 57.2 Å². The Morgan fingerprint density at radius 2 is 1.63 bits per heavy atom. The van der Waals surface area contributed by atoms with Crippen molar-refractivity contribution in [1.29, 1.82) is 0 Å². The molecule has 0 aliphatic carbocycles. The van der Waals surface area contributed by atoms with Crippen LogP contribution in [0.1, 0.15) is 102 Å². The number of likely N-dealkylation sites (tertiary alicyclic amines) is 1. The molecule has 0 unspecified atom stereocenters. The molecule has 7 amide bonds. The topological polar surface area (TPSA) is 307 Å². The van der Waals surface area contributed by atoms with Gasteiger partial charge in [-0.1, -0.05) is 57.0 Å². The number of thioether (sulfide) groups is 1. The molecule has 2 aliphatic heterocycles. The van der Waals surface area contributed by atoms with Crippen molar-refractivity contribution < 1.29 is 43.2 Å². The fourth-order valence-corrected chi connectivity index (χ4v) is 10.4. The maximum atomic E-state index is 14.7. The van der Waals surface area contributed by atoms with E-state index in [2.05, 4.69) is 31.6 Å². The van der Waals surface area contributed by atoms with Crippen LogP contribution in [0.3, 0.4) is 0 Å². The van der Waals surface area contributed by atoms with E-state index >= 15 is 0 Å². The van der Waals surface area contributed by atoms with Crippen LogP contribution in [0.25, 0.3) is 0 Å². The van der Waals surface area contributed by atoms with Gasteiger partial charge in [0.1, 0.15) is 30.0 Å². The zero-order valence-electron chi connectivity index (χ0n) is 40.9. The Hall–Kier alpha value is -5.54. The van der Waals surface area contributed by atoms with Gasteiger partial charge in [0.25, 0.3) is 0 Å². The monoisotopic (exact) mass is 1040 g/mol. The number of nitrogens with zero attached hydrogens (tertiary/aromatic N) is 2. The smallest absolute Gasteiger partial charge is 0.243 e. The highest BCUT2D eigenvalue weighted by atomic mass is 35.5. The Balaban J connectivity index is 1.64. The van der Waals surface area contributed by atoms with Crippen molar-refractivity contribution in [2.75, 3.05) is 31.1 Å². The number of nitrogens with two attached hydrogens (primary N) is 3. The molecule has 2 aliphatic rings. The lowest BCUT2D eigenvalue weighted by atomic mass is 9.91. The first-order valence-electron chi connectivity index (χ1n) is 24.4. The van der Waals surface area contributed by atoms with Crippen LogP contribution >= 0.6 is 34.7 Å². The minimum atomic E-state index is -1.49. The molecule has 1 aromatic heterocycles. The number of carbonyl (C=O) groups excluding carboxylic acids is 9. The summed E-state index contributed by atoms with van der Waals surface area (Å²) in [4.78, 5) is 131. The molecule has 0 radical (unpaired) electrons. The number of hydrogen-bond donors (Lipinski definition) is 8. The van der Waals surface area contributed by atoms with Crippen LogP contribution in [-0.2, 0) is 56.0 Å². The summed E-state index contributed by atoms with van der Waals surface area (Å²) in [7, 11) is 0. The molecule has 1 aromatic carbocycles. The number of amides is 7. The van der Waals surface area contributed by atoms with E-state index < -0.39 is 102 Å². The summed E-state index contributed by atoms with van der Waals surface area (Å²) in [6.07, 6.45) is 2.48. The largest absolute Gasteiger partial charge is 0.370 e. The second kappa shape index (κ2) is 29.7. The fourth-order valence-electron chi connectivity index (χ4n) is 8.45. The van der Waals surface area contributed by atoms with Crippen molar-refractivity contribution in [3.63, 3.8) is 0 Å². The number of benzene rings is 1. The molecule has 19 nitrogen and oxygen atoms in total. The van der Waals surface area contributed by atoms with Crippen molar-refractivity contribution in [3.8, 4) is 0 Å². The Morgan fingerprint density at radius 1 is 0.901 bits per heavy atom. The van der Waals surface area contributed by atoms with Gasteiger partial charge < -0.3 is 48.7 Å². The Labute approximate surface area is 429 Å². The number of halogens is 1. The van der Waals surface area contributed by atoms with Gasteiger partial charge in [-0.15, -0.1) is 11.3 Å². The number of hydrogen-bond acceptors (Lipinski definition) is 12. The molecule has 2 saturated heterocycles. The third-order valence-corrected chi connectivity index (χ3v) is 14.7. The van der Waals surface area contributed by atoms with Gasteiger partial charge in [-0.2, -0.15) is 11.8 Å². The molecular weight excluding hydrogens is 972 g/mol. The van der Waals surface area contributed by atoms with E-state index in [4.69, 9.17) is 28.8 Å². The summed E-state index contributed by atoms with van der Waals surface area (Å²) in [5.41, 5.74) is 17.3. The van der Waals surface area contributed by atoms with Gasteiger partial charge in [-0.25, -0.2) is 0 Å². The molecule has 0 bridgehead atoms. The Morgan fingerprint density at radius 3 is 2.30 bits per heavy atom. The van der Waals surface area contributed by atoms with E-state index in [0.717, 1.165) is 23.3 Å². The van der Waals surface area contributed by atoms with Crippen LogP contribution < -0.4 is 43.8 Å². The van der Waals surface area contributed by atoms with E-state index in [-0.39, 0.29) is 68.6 Å². The predicted octanol–water partition coefficient (Wildman–Crippen LogP) is 2.30. The summed E-state index contributed by atoms with van der Waals surface area (Å²) in [5, 5.41) is 16.3. The predicted molar refractivity (Wildman–Crippen MR) is 275 cm³/mol. The number of Topliss-reactive ketones (excluding diaryl/α,β-unsaturated/α-hetero) is 2. The third kappa shape index (κ3) is 19.5. The van der Waals surface area contributed by atoms with Crippen LogP contribution in [0.2, 0.25) is 5.02 Å². The lowest BCUT2D eigenvalue weighted by Gasteiger charge is -2.30. The molecule has 4 rings (SSSR count). The maximum absolute atomic E-state index is 14.7. The highest BCUT2D eigenvalue weighted by Crippen LogP contribution is 2.26. The van der Waals surface area contributed by atoms with E-state index in [0.29, 0.717) is 43.0 Å². The number of carbonyl (C=O) groups is 9. The first-order valence-corrected chi connectivity index (χ1v) is 26.8. The highest BCUT2D eigenvalue weighted by Gasteiger charge is 2.40. The van der Waals surface area contributed by atoms with Crippen molar-refractivity contribution >= 4 is 93.6 Å². The van der Waals surface area contributed by atoms with Gasteiger partial charge >= 0.3 is 0 Å². The molecule has 2 fully saturated rings. The number of thiophene rings is 1. The van der Waals surface area contributed by atoms with Gasteiger partial charge in [0.15, 0.2) is 11.7 Å². The number of primary amides is 1. The summed E-state index contributed by atoms with van der Waals surface area (Å²) >= 11 is 8.85. The molecular formula is C49H71ClN10O9S2. The van der Waals surface area contributed by atoms with Crippen LogP contribution in [0, 0.1) is 17.8 Å². The van der Waals surface area contributed by atoms with E-state index in [1.807, 2.05) is 18.4 Å². The van der Waals surface area contributed by atoms with Crippen LogP contribution in [0.4, 0.5) is 0 Å². The molecule has 0 saturated carbocycles. The van der Waals surface area contributed by atoms with E-state index in [9.17, 15) is 43.2 Å². The third-order valence-electron chi connectivity index (χ3n) is 12.3. The molecule has 3 heterocycles. The molecule has 0 spiro atoms. The molecule has 11 N–H and O–H groups in total. The number of unbranched alkanes of at least 4 members (excludes halogenated alkanes) is 1. The summed E-state index contributed by atoms with van der Waals surface area (Å²) in [6, 6.07) is 4.70. The SMILES string of the molecule is CCCCNC(=O)[C@@H](CCCN=C(N)N)NC(=O)[C@@H]1CCCN1C(=O)[C@@H]1CSCCCC(=O)C[C@@H](Cc2ccc(Cl)cc2)C(=O)N[C@@H](Cc2cccs2)C(=O)N[C@@H](C(C)C)C(=O)N[C@@H](CC(N)=O)C(=O)C1. The molecule has 22 heteroatoms. The van der Waals surface area contributed by atoms with Gasteiger partial charge in [-0.05, 0) is 85.8 Å². The van der Waals surface area contributed by atoms with Crippen molar-refractivity contribution in [2.45, 2.75) is 134 Å². The average Bonchev–Trinajstić information content (AvgIpc) is 4.03.